The van der Waals surface area contributed by atoms with E-state index in [-0.39, 0.29) is 0 Å². The minimum Gasteiger partial charge on any atom is -0.477 e. The summed E-state index contributed by atoms with van der Waals surface area (Å²) < 4.78 is 4.27. The fourth-order valence-electron chi connectivity index (χ4n) is 1.09. The van der Waals surface area contributed by atoms with Crippen molar-refractivity contribution in [2.24, 2.45) is 0 Å². The van der Waals surface area contributed by atoms with Gasteiger partial charge in [0.2, 0.25) is 5.79 Å². The Morgan fingerprint density at radius 3 is 2.31 bits per heavy atom. The average molecular weight is 194 g/mol. The topological polar surface area (TPSA) is 127 Å². The van der Waals surface area contributed by atoms with Crippen molar-refractivity contribution < 1.29 is 35.1 Å². The standard InChI is InChI=1S/C6H10O7/c7-2-6(12)3(8)1-5(11,13-6)4(9)10/h3,7-8,11-12H,1-2H2,(H,9,10)/t3-,5+,6+/m1/s1. The molecule has 13 heavy (non-hydrogen) atoms. The van der Waals surface area contributed by atoms with E-state index in [2.05, 4.69) is 4.74 Å². The molecule has 1 heterocycles. The monoisotopic (exact) mass is 194 g/mol. The third-order valence-corrected chi connectivity index (χ3v) is 1.90. The molecule has 76 valence electrons. The van der Waals surface area contributed by atoms with Crippen molar-refractivity contribution in [3.8, 4) is 0 Å². The van der Waals surface area contributed by atoms with E-state index >= 15 is 0 Å². The molecule has 1 fully saturated rings. The summed E-state index contributed by atoms with van der Waals surface area (Å²) >= 11 is 0. The fraction of sp³-hybridized carbons (Fsp3) is 0.833. The molecule has 3 atom stereocenters. The molecule has 0 aromatic carbocycles. The largest absolute Gasteiger partial charge is 0.477 e. The van der Waals surface area contributed by atoms with E-state index in [1.54, 1.807) is 0 Å². The second-order valence-corrected chi connectivity index (χ2v) is 2.91. The molecule has 1 aliphatic rings. The maximum atomic E-state index is 10.4. The van der Waals surface area contributed by atoms with Gasteiger partial charge in [-0.2, -0.15) is 0 Å². The predicted molar refractivity (Wildman–Crippen MR) is 36.3 cm³/mol. The number of carboxylic acids is 1. The summed E-state index contributed by atoms with van der Waals surface area (Å²) in [6.07, 6.45) is -2.34. The second-order valence-electron chi connectivity index (χ2n) is 2.91. The van der Waals surface area contributed by atoms with Gasteiger partial charge < -0.3 is 30.3 Å². The van der Waals surface area contributed by atoms with Gasteiger partial charge in [0.05, 0.1) is 6.61 Å². The van der Waals surface area contributed by atoms with Crippen LogP contribution in [-0.4, -0.2) is 55.8 Å². The molecule has 1 aliphatic heterocycles. The molecule has 1 rings (SSSR count). The lowest BCUT2D eigenvalue weighted by atomic mass is 10.1. The van der Waals surface area contributed by atoms with Crippen LogP contribution in [0.2, 0.25) is 0 Å². The molecule has 0 aromatic rings. The first kappa shape index (κ1) is 10.4. The van der Waals surface area contributed by atoms with Crippen molar-refractivity contribution in [1.82, 2.24) is 0 Å². The number of carbonyl (C=O) groups is 1. The number of hydrogen-bond donors (Lipinski definition) is 5. The first-order valence-corrected chi connectivity index (χ1v) is 3.51. The Hall–Kier alpha value is -0.730. The fourth-order valence-corrected chi connectivity index (χ4v) is 1.09. The van der Waals surface area contributed by atoms with Crippen molar-refractivity contribution in [3.63, 3.8) is 0 Å². The van der Waals surface area contributed by atoms with Gasteiger partial charge in [-0.1, -0.05) is 0 Å². The first-order valence-electron chi connectivity index (χ1n) is 3.51. The second kappa shape index (κ2) is 2.89. The van der Waals surface area contributed by atoms with E-state index in [0.717, 1.165) is 0 Å². The van der Waals surface area contributed by atoms with Crippen LogP contribution < -0.4 is 0 Å². The number of ether oxygens (including phenoxy) is 1. The molecule has 7 nitrogen and oxygen atoms in total. The maximum absolute atomic E-state index is 10.4. The summed E-state index contributed by atoms with van der Waals surface area (Å²) in [7, 11) is 0. The van der Waals surface area contributed by atoms with Crippen molar-refractivity contribution in [2.75, 3.05) is 6.61 Å². The normalized spacial score (nSPS) is 45.1. The Balaban J connectivity index is 2.87. The molecule has 0 radical (unpaired) electrons. The van der Waals surface area contributed by atoms with Crippen LogP contribution in [0.1, 0.15) is 6.42 Å². The van der Waals surface area contributed by atoms with Crippen molar-refractivity contribution in [3.05, 3.63) is 0 Å². The lowest BCUT2D eigenvalue weighted by molar-refractivity contribution is -0.305. The number of rotatable bonds is 2. The van der Waals surface area contributed by atoms with Crippen LogP contribution in [0.15, 0.2) is 0 Å². The SMILES string of the molecule is O=C(O)[C@]1(O)C[C@@H](O)[C@](O)(CO)O1. The van der Waals surface area contributed by atoms with Crippen molar-refractivity contribution >= 4 is 5.97 Å². The predicted octanol–water partition coefficient (Wildman–Crippen LogP) is -2.78. The third kappa shape index (κ3) is 1.52. The molecule has 5 N–H and O–H groups in total. The third-order valence-electron chi connectivity index (χ3n) is 1.90. The molecule has 0 saturated carbocycles. The number of aliphatic carboxylic acids is 1. The summed E-state index contributed by atoms with van der Waals surface area (Å²) in [5.74, 6) is -6.78. The molecule has 1 saturated heterocycles. The molecular formula is C6H10O7. The molecule has 0 amide bonds. The van der Waals surface area contributed by atoms with Gasteiger partial charge in [0.15, 0.2) is 0 Å². The van der Waals surface area contributed by atoms with E-state index in [9.17, 15) is 9.90 Å². The Labute approximate surface area is 72.8 Å². The van der Waals surface area contributed by atoms with E-state index in [4.69, 9.17) is 20.4 Å². The van der Waals surface area contributed by atoms with Gasteiger partial charge in [-0.25, -0.2) is 4.79 Å². The van der Waals surface area contributed by atoms with Gasteiger partial charge in [-0.05, 0) is 0 Å². The van der Waals surface area contributed by atoms with Crippen molar-refractivity contribution in [1.29, 1.82) is 0 Å². The Bertz CT molecular complexity index is 229. The quantitative estimate of drug-likeness (QED) is 0.321. The summed E-state index contributed by atoms with van der Waals surface area (Å²) in [6.45, 7) is -0.996. The number of aliphatic hydroxyl groups is 4. The zero-order valence-corrected chi connectivity index (χ0v) is 6.54. The highest BCUT2D eigenvalue weighted by molar-refractivity contribution is 5.75. The van der Waals surface area contributed by atoms with Crippen LogP contribution in [0.25, 0.3) is 0 Å². The van der Waals surface area contributed by atoms with E-state index < -0.39 is 36.7 Å². The minimum atomic E-state index is -2.64. The van der Waals surface area contributed by atoms with E-state index in [1.807, 2.05) is 0 Å². The minimum absolute atomic E-state index is 0.695. The smallest absolute Gasteiger partial charge is 0.364 e. The van der Waals surface area contributed by atoms with Gasteiger partial charge >= 0.3 is 5.97 Å². The van der Waals surface area contributed by atoms with E-state index in [1.165, 1.54) is 0 Å². The van der Waals surface area contributed by atoms with Crippen LogP contribution >= 0.6 is 0 Å². The number of hydrogen-bond acceptors (Lipinski definition) is 6. The lowest BCUT2D eigenvalue weighted by Gasteiger charge is -2.24. The summed E-state index contributed by atoms with van der Waals surface area (Å²) in [5, 5.41) is 44.4. The van der Waals surface area contributed by atoms with Crippen molar-refractivity contribution in [2.45, 2.75) is 24.1 Å². The Morgan fingerprint density at radius 2 is 2.08 bits per heavy atom. The molecule has 0 aliphatic carbocycles. The highest BCUT2D eigenvalue weighted by Gasteiger charge is 2.58. The average Bonchev–Trinajstić information content (AvgIpc) is 2.25. The van der Waals surface area contributed by atoms with Crippen LogP contribution in [0.5, 0.6) is 0 Å². The van der Waals surface area contributed by atoms with Gasteiger partial charge in [0, 0.05) is 6.42 Å². The maximum Gasteiger partial charge on any atom is 0.364 e. The summed E-state index contributed by atoms with van der Waals surface area (Å²) in [5.41, 5.74) is 0. The number of carboxylic acid groups (broad SMARTS) is 1. The first-order chi connectivity index (χ1) is 5.84. The highest BCUT2D eigenvalue weighted by atomic mass is 16.7. The van der Waals surface area contributed by atoms with Crippen LogP contribution in [-0.2, 0) is 9.53 Å². The Morgan fingerprint density at radius 1 is 1.54 bits per heavy atom. The molecular weight excluding hydrogens is 184 g/mol. The molecule has 7 heteroatoms. The summed E-state index contributed by atoms with van der Waals surface area (Å²) in [4.78, 5) is 10.4. The molecule has 0 aromatic heterocycles. The summed E-state index contributed by atoms with van der Waals surface area (Å²) in [6, 6.07) is 0. The Kier molecular flexibility index (Phi) is 2.30. The molecule has 0 spiro atoms. The van der Waals surface area contributed by atoms with Gasteiger partial charge in [0.1, 0.15) is 6.10 Å². The van der Waals surface area contributed by atoms with Gasteiger partial charge in [-0.3, -0.25) is 0 Å². The zero-order chi connectivity index (χ0) is 10.3. The lowest BCUT2D eigenvalue weighted by Crippen LogP contribution is -2.45. The molecule has 0 unspecified atom stereocenters. The van der Waals surface area contributed by atoms with Crippen LogP contribution in [0.4, 0.5) is 0 Å². The molecule has 0 bridgehead atoms. The highest BCUT2D eigenvalue weighted by Crippen LogP contribution is 2.34. The zero-order valence-electron chi connectivity index (χ0n) is 6.54. The van der Waals surface area contributed by atoms with Gasteiger partial charge in [-0.15, -0.1) is 0 Å². The van der Waals surface area contributed by atoms with Crippen LogP contribution in [0, 0.1) is 0 Å². The number of aliphatic hydroxyl groups excluding tert-OH is 2. The van der Waals surface area contributed by atoms with Crippen LogP contribution in [0.3, 0.4) is 0 Å². The van der Waals surface area contributed by atoms with Gasteiger partial charge in [0.25, 0.3) is 5.79 Å². The van der Waals surface area contributed by atoms with E-state index in [0.29, 0.717) is 0 Å².